The van der Waals surface area contributed by atoms with E-state index in [4.69, 9.17) is 11.6 Å². The number of carbonyl (C=O) groups excluding carboxylic acids is 1. The number of amides is 1. The first-order valence-electron chi connectivity index (χ1n) is 12.7. The van der Waals surface area contributed by atoms with E-state index in [9.17, 15) is 9.90 Å². The van der Waals surface area contributed by atoms with Crippen molar-refractivity contribution in [3.8, 4) is 0 Å². The summed E-state index contributed by atoms with van der Waals surface area (Å²) in [6.07, 6.45) is 14.2. The predicted molar refractivity (Wildman–Crippen MR) is 138 cm³/mol. The van der Waals surface area contributed by atoms with Gasteiger partial charge in [0.05, 0.1) is 12.1 Å². The number of hydrogen-bond donors (Lipinski definition) is 2. The molecule has 32 heavy (non-hydrogen) atoms. The molecule has 0 aromatic rings. The molecular weight excluding hydrogens is 486 g/mol. The first kappa shape index (κ1) is 26.3. The summed E-state index contributed by atoms with van der Waals surface area (Å²) < 4.78 is 0. The van der Waals surface area contributed by atoms with Crippen molar-refractivity contribution in [2.24, 2.45) is 29.1 Å². The molecule has 0 heterocycles. The zero-order valence-electron chi connectivity index (χ0n) is 20.4. The van der Waals surface area contributed by atoms with Crippen LogP contribution in [0, 0.1) is 29.1 Å². The third kappa shape index (κ3) is 6.63. The van der Waals surface area contributed by atoms with Crippen LogP contribution in [0.3, 0.4) is 0 Å². The number of hydrogen-bond acceptors (Lipinski definition) is 2. The van der Waals surface area contributed by atoms with Crippen molar-refractivity contribution < 1.29 is 9.90 Å². The van der Waals surface area contributed by atoms with Gasteiger partial charge in [-0.15, -0.1) is 0 Å². The number of alkyl halides is 1. The van der Waals surface area contributed by atoms with E-state index in [2.05, 4.69) is 61.1 Å². The van der Waals surface area contributed by atoms with Crippen molar-refractivity contribution in [3.05, 3.63) is 22.8 Å². The molecule has 1 fully saturated rings. The molecular formula is C27H43BrClNO2. The van der Waals surface area contributed by atoms with E-state index in [1.807, 2.05) is 0 Å². The Morgan fingerprint density at radius 3 is 2.56 bits per heavy atom. The minimum atomic E-state index is -0.502. The summed E-state index contributed by atoms with van der Waals surface area (Å²) in [5, 5.41) is 15.7. The third-order valence-corrected chi connectivity index (χ3v) is 9.57. The van der Waals surface area contributed by atoms with Crippen molar-refractivity contribution in [2.45, 2.75) is 109 Å². The molecule has 0 saturated heterocycles. The molecule has 3 aliphatic carbocycles. The topological polar surface area (TPSA) is 49.3 Å². The first-order chi connectivity index (χ1) is 15.1. The molecule has 0 aromatic heterocycles. The van der Waals surface area contributed by atoms with Crippen molar-refractivity contribution >= 4 is 33.4 Å². The highest BCUT2D eigenvalue weighted by Crippen LogP contribution is 2.49. The van der Waals surface area contributed by atoms with Crippen LogP contribution < -0.4 is 5.32 Å². The Hall–Kier alpha value is -0.320. The number of rotatable bonds is 6. The zero-order chi connectivity index (χ0) is 23.5. The monoisotopic (exact) mass is 527 g/mol. The Labute approximate surface area is 209 Å². The van der Waals surface area contributed by atoms with Crippen LogP contribution in [-0.4, -0.2) is 28.0 Å². The first-order valence-corrected chi connectivity index (χ1v) is 14.0. The number of aliphatic hydroxyl groups is 1. The van der Waals surface area contributed by atoms with Crippen LogP contribution in [0.4, 0.5) is 0 Å². The average Bonchev–Trinajstić information content (AvgIpc) is 2.90. The van der Waals surface area contributed by atoms with Gasteiger partial charge in [-0.25, -0.2) is 0 Å². The number of nitrogens with one attached hydrogen (secondary N) is 1. The summed E-state index contributed by atoms with van der Waals surface area (Å²) in [4.78, 5) is 13.4. The second-order valence-corrected chi connectivity index (χ2v) is 13.3. The molecule has 3 nitrogen and oxygen atoms in total. The normalized spacial score (nSPS) is 33.0. The van der Waals surface area contributed by atoms with Gasteiger partial charge in [0.15, 0.2) is 0 Å². The molecule has 0 aliphatic heterocycles. The number of allylic oxidation sites excluding steroid dienone is 3. The second kappa shape index (κ2) is 11.4. The Morgan fingerprint density at radius 1 is 1.19 bits per heavy atom. The molecule has 0 aromatic carbocycles. The molecule has 2 N–H and O–H groups in total. The predicted octanol–water partition coefficient (Wildman–Crippen LogP) is 7.12. The maximum Gasteiger partial charge on any atom is 0.247 e. The third-order valence-electron chi connectivity index (χ3n) is 8.45. The minimum absolute atomic E-state index is 0.00426. The lowest BCUT2D eigenvalue weighted by Gasteiger charge is -2.39. The van der Waals surface area contributed by atoms with E-state index in [1.54, 1.807) is 0 Å². The Kier molecular flexibility index (Phi) is 9.37. The minimum Gasteiger partial charge on any atom is -0.391 e. The van der Waals surface area contributed by atoms with E-state index in [0.717, 1.165) is 68.4 Å². The van der Waals surface area contributed by atoms with Gasteiger partial charge >= 0.3 is 0 Å². The van der Waals surface area contributed by atoms with E-state index in [0.29, 0.717) is 16.7 Å². The van der Waals surface area contributed by atoms with Gasteiger partial charge in [-0.05, 0) is 93.3 Å². The van der Waals surface area contributed by atoms with Crippen LogP contribution in [0.1, 0.15) is 91.9 Å². The Morgan fingerprint density at radius 2 is 1.94 bits per heavy atom. The molecule has 0 radical (unpaired) electrons. The molecule has 1 saturated carbocycles. The fourth-order valence-electron chi connectivity index (χ4n) is 6.31. The lowest BCUT2D eigenvalue weighted by molar-refractivity contribution is -0.120. The highest BCUT2D eigenvalue weighted by Gasteiger charge is 2.41. The molecule has 4 unspecified atom stereocenters. The van der Waals surface area contributed by atoms with Crippen LogP contribution in [0.2, 0.25) is 0 Å². The van der Waals surface area contributed by atoms with Gasteiger partial charge in [-0.1, -0.05) is 67.4 Å². The Balaban J connectivity index is 1.66. The number of halogens is 2. The second-order valence-electron chi connectivity index (χ2n) is 11.5. The molecule has 0 bridgehead atoms. The molecule has 182 valence electrons. The summed E-state index contributed by atoms with van der Waals surface area (Å²) in [6, 6.07) is -0.208. The van der Waals surface area contributed by atoms with Crippen LogP contribution in [0.25, 0.3) is 0 Å². The highest BCUT2D eigenvalue weighted by atomic mass is 79.9. The highest BCUT2D eigenvalue weighted by molar-refractivity contribution is 9.09. The van der Waals surface area contributed by atoms with E-state index >= 15 is 0 Å². The summed E-state index contributed by atoms with van der Waals surface area (Å²) in [5.74, 6) is 1.79. The van der Waals surface area contributed by atoms with Gasteiger partial charge in [0.25, 0.3) is 0 Å². The maximum atomic E-state index is 13.0. The van der Waals surface area contributed by atoms with Gasteiger partial charge in [-0.2, -0.15) is 0 Å². The average molecular weight is 529 g/mol. The van der Waals surface area contributed by atoms with Crippen LogP contribution in [0.15, 0.2) is 22.8 Å². The van der Waals surface area contributed by atoms with Gasteiger partial charge in [0, 0.05) is 15.4 Å². The quantitative estimate of drug-likeness (QED) is 0.285. The Bertz CT molecular complexity index is 716. The number of carbonyl (C=O) groups is 1. The summed E-state index contributed by atoms with van der Waals surface area (Å²) in [6.45, 7) is 9.05. The van der Waals surface area contributed by atoms with Crippen molar-refractivity contribution in [1.82, 2.24) is 5.32 Å². The van der Waals surface area contributed by atoms with E-state index in [-0.39, 0.29) is 29.2 Å². The van der Waals surface area contributed by atoms with Gasteiger partial charge in [-0.3, -0.25) is 4.79 Å². The largest absolute Gasteiger partial charge is 0.391 e. The maximum absolute atomic E-state index is 13.0. The molecule has 3 aliphatic rings. The van der Waals surface area contributed by atoms with Gasteiger partial charge in [0.2, 0.25) is 5.91 Å². The van der Waals surface area contributed by atoms with Crippen LogP contribution in [-0.2, 0) is 4.79 Å². The van der Waals surface area contributed by atoms with Gasteiger partial charge < -0.3 is 10.4 Å². The number of aliphatic hydroxyl groups excluding tert-OH is 1. The smallest absolute Gasteiger partial charge is 0.247 e. The van der Waals surface area contributed by atoms with Crippen molar-refractivity contribution in [1.29, 1.82) is 0 Å². The summed E-state index contributed by atoms with van der Waals surface area (Å²) in [7, 11) is 0. The molecule has 3 rings (SSSR count). The lowest BCUT2D eigenvalue weighted by atomic mass is 9.66. The standard InChI is InChI=1S/C27H43BrClNO2/c1-17(2)24(30-26(32)20-6-5-7-21(28)16-20)25(31)19-10-13-23(27(3,4)15-14-19)18-8-11-22(29)12-9-18/h6,11,17-19,21,23-25,31H,5,7-10,12-16H2,1-4H3,(H,30,32)/t18?,19?,21?,23-,24-,25?/m1/s1. The molecule has 0 spiro atoms. The molecule has 5 heteroatoms. The fraction of sp³-hybridized carbons (Fsp3) is 0.815. The van der Waals surface area contributed by atoms with Crippen molar-refractivity contribution in [2.75, 3.05) is 0 Å². The molecule has 1 amide bonds. The van der Waals surface area contributed by atoms with Gasteiger partial charge in [0.1, 0.15) is 0 Å². The van der Waals surface area contributed by atoms with Crippen LogP contribution >= 0.6 is 27.5 Å². The lowest BCUT2D eigenvalue weighted by Crippen LogP contribution is -2.50. The van der Waals surface area contributed by atoms with Crippen molar-refractivity contribution in [3.63, 3.8) is 0 Å². The zero-order valence-corrected chi connectivity index (χ0v) is 22.7. The van der Waals surface area contributed by atoms with E-state index < -0.39 is 6.10 Å². The summed E-state index contributed by atoms with van der Waals surface area (Å²) in [5.41, 5.74) is 1.13. The SMILES string of the molecule is CC(C)[C@@H](NC(=O)C1=CCCC(Br)C1)C(O)C1CC[C@H](C2CC=C(Cl)CC2)C(C)(C)CC1. The fourth-order valence-corrected chi connectivity index (χ4v) is 7.12. The molecule has 6 atom stereocenters. The van der Waals surface area contributed by atoms with E-state index in [1.165, 1.54) is 6.42 Å². The van der Waals surface area contributed by atoms with Crippen LogP contribution in [0.5, 0.6) is 0 Å². The summed E-state index contributed by atoms with van der Waals surface area (Å²) >= 11 is 9.91.